The fourth-order valence-electron chi connectivity index (χ4n) is 3.45. The van der Waals surface area contributed by atoms with Crippen molar-refractivity contribution in [1.29, 1.82) is 0 Å². The van der Waals surface area contributed by atoms with Gasteiger partial charge in [-0.2, -0.15) is 0 Å². The van der Waals surface area contributed by atoms with Crippen LogP contribution in [0.4, 0.5) is 11.4 Å². The molecule has 1 aliphatic rings. The zero-order valence-electron chi connectivity index (χ0n) is 16.6. The Labute approximate surface area is 190 Å². The summed E-state index contributed by atoms with van der Waals surface area (Å²) in [7, 11) is 0. The van der Waals surface area contributed by atoms with Gasteiger partial charge in [0.05, 0.1) is 29.6 Å². The Balaban J connectivity index is 1.68. The molecule has 1 fully saturated rings. The zero-order valence-corrected chi connectivity index (χ0v) is 18.9. The van der Waals surface area contributed by atoms with Gasteiger partial charge in [0.1, 0.15) is 0 Å². The van der Waals surface area contributed by atoms with Crippen molar-refractivity contribution < 1.29 is 4.74 Å². The van der Waals surface area contributed by atoms with Gasteiger partial charge in [-0.15, -0.1) is 11.3 Å². The minimum Gasteiger partial charge on any atom is -0.378 e. The third kappa shape index (κ3) is 4.90. The average Bonchev–Trinajstić information content (AvgIpc) is 3.17. The summed E-state index contributed by atoms with van der Waals surface area (Å²) in [4.78, 5) is 8.04. The highest BCUT2D eigenvalue weighted by atomic mass is 35.5. The third-order valence-electron chi connectivity index (χ3n) is 5.05. The van der Waals surface area contributed by atoms with Crippen LogP contribution in [-0.4, -0.2) is 37.4 Å². The highest BCUT2D eigenvalue weighted by molar-refractivity contribution is 7.07. The molecule has 0 aliphatic carbocycles. The topological polar surface area (TPSA) is 55.8 Å². The number of thiazole rings is 1. The normalized spacial score (nSPS) is 15.0. The number of ether oxygens (including phenoxy) is 1. The average molecular weight is 463 g/mol. The molecule has 0 radical (unpaired) electrons. The lowest BCUT2D eigenvalue weighted by molar-refractivity contribution is 0.122. The molecule has 0 unspecified atom stereocenters. The van der Waals surface area contributed by atoms with Crippen LogP contribution in [0.15, 0.2) is 52.8 Å². The van der Waals surface area contributed by atoms with Gasteiger partial charge in [0.25, 0.3) is 0 Å². The van der Waals surface area contributed by atoms with Gasteiger partial charge in [-0.05, 0) is 48.9 Å². The molecule has 2 N–H and O–H groups in total. The Morgan fingerprint density at radius 1 is 1.07 bits per heavy atom. The van der Waals surface area contributed by atoms with E-state index in [4.69, 9.17) is 38.7 Å². The first-order chi connectivity index (χ1) is 14.7. The van der Waals surface area contributed by atoms with Crippen molar-refractivity contribution in [3.8, 4) is 11.3 Å². The molecule has 0 saturated carbocycles. The van der Waals surface area contributed by atoms with Crippen LogP contribution in [0, 0.1) is 0 Å². The molecule has 0 spiro atoms. The Kier molecular flexibility index (Phi) is 7.12. The molecule has 8 heteroatoms. The lowest BCUT2D eigenvalue weighted by atomic mass is 10.1. The van der Waals surface area contributed by atoms with Crippen LogP contribution >= 0.6 is 34.5 Å². The number of nitrogens with zero attached hydrogens (tertiary/aromatic N) is 3. The number of hydrogen-bond donors (Lipinski definition) is 1. The van der Waals surface area contributed by atoms with E-state index in [1.807, 2.05) is 6.07 Å². The van der Waals surface area contributed by atoms with Crippen molar-refractivity contribution >= 4 is 45.9 Å². The number of rotatable bonds is 6. The number of hydrogen-bond acceptors (Lipinski definition) is 5. The molecule has 158 valence electrons. The quantitative estimate of drug-likeness (QED) is 0.564. The van der Waals surface area contributed by atoms with Crippen LogP contribution in [0.1, 0.15) is 6.42 Å². The molecule has 0 atom stereocenters. The molecule has 2 heterocycles. The molecular formula is C22H24Cl2N4OS. The smallest absolute Gasteiger partial charge is 0.190 e. The van der Waals surface area contributed by atoms with Crippen LogP contribution in [0.3, 0.4) is 0 Å². The highest BCUT2D eigenvalue weighted by Crippen LogP contribution is 2.29. The van der Waals surface area contributed by atoms with E-state index < -0.39 is 0 Å². The summed E-state index contributed by atoms with van der Waals surface area (Å²) in [6.07, 6.45) is 0.872. The molecule has 1 aromatic heterocycles. The Hall–Kier alpha value is -1.83. The third-order valence-corrected chi connectivity index (χ3v) is 6.45. The second-order valence-electron chi connectivity index (χ2n) is 7.05. The molecule has 3 aromatic rings. The van der Waals surface area contributed by atoms with E-state index >= 15 is 0 Å². The number of benzene rings is 2. The molecule has 2 aromatic carbocycles. The summed E-state index contributed by atoms with van der Waals surface area (Å²) in [5.41, 5.74) is 10.0. The summed E-state index contributed by atoms with van der Waals surface area (Å²) >= 11 is 14.0. The molecule has 1 saturated heterocycles. The van der Waals surface area contributed by atoms with E-state index in [2.05, 4.69) is 39.1 Å². The molecule has 5 nitrogen and oxygen atoms in total. The van der Waals surface area contributed by atoms with Gasteiger partial charge in [0, 0.05) is 35.7 Å². The number of halogens is 2. The zero-order chi connectivity index (χ0) is 20.9. The number of anilines is 1. The lowest BCUT2D eigenvalue weighted by Crippen LogP contribution is -2.36. The maximum atomic E-state index is 6.33. The van der Waals surface area contributed by atoms with E-state index in [0.717, 1.165) is 55.3 Å². The van der Waals surface area contributed by atoms with Crippen LogP contribution in [0.25, 0.3) is 11.3 Å². The molecule has 4 rings (SSSR count). The lowest BCUT2D eigenvalue weighted by Gasteiger charge is -2.28. The second kappa shape index (κ2) is 9.98. The minimum atomic E-state index is 0.540. The Morgan fingerprint density at radius 2 is 1.83 bits per heavy atom. The standard InChI is InChI=1S/C22H24Cl2N4OS/c23-17-4-7-20(19(24)14-17)26-22-28(9-1-8-25)21(15-30-22)16-2-5-18(6-3-16)27-10-12-29-13-11-27/h2-7,14-15H,1,8-13,25H2/b26-22-. The monoisotopic (exact) mass is 462 g/mol. The van der Waals surface area contributed by atoms with Crippen LogP contribution in [-0.2, 0) is 11.3 Å². The SMILES string of the molecule is NCCCn1c(-c2ccc(N3CCOCC3)cc2)cs/c1=N\c1ccc(Cl)cc1Cl. The van der Waals surface area contributed by atoms with Crippen LogP contribution in [0.2, 0.25) is 10.0 Å². The summed E-state index contributed by atoms with van der Waals surface area (Å²) in [6, 6.07) is 14.1. The number of aromatic nitrogens is 1. The van der Waals surface area contributed by atoms with E-state index in [1.165, 1.54) is 5.69 Å². The minimum absolute atomic E-state index is 0.540. The van der Waals surface area contributed by atoms with Crippen LogP contribution < -0.4 is 15.4 Å². The van der Waals surface area contributed by atoms with Crippen LogP contribution in [0.5, 0.6) is 0 Å². The van der Waals surface area contributed by atoms with Gasteiger partial charge in [-0.1, -0.05) is 35.3 Å². The van der Waals surface area contributed by atoms with Gasteiger partial charge in [-0.25, -0.2) is 4.99 Å². The van der Waals surface area contributed by atoms with Crippen molar-refractivity contribution in [3.05, 3.63) is 62.7 Å². The summed E-state index contributed by atoms with van der Waals surface area (Å²) in [6.45, 7) is 4.84. The maximum Gasteiger partial charge on any atom is 0.190 e. The Morgan fingerprint density at radius 3 is 2.53 bits per heavy atom. The fourth-order valence-corrected chi connectivity index (χ4v) is 4.85. The summed E-state index contributed by atoms with van der Waals surface area (Å²) in [5.74, 6) is 0. The molecule has 1 aliphatic heterocycles. The first-order valence-electron chi connectivity index (χ1n) is 9.97. The van der Waals surface area contributed by atoms with Gasteiger partial charge in [-0.3, -0.25) is 0 Å². The van der Waals surface area contributed by atoms with Gasteiger partial charge in [0.2, 0.25) is 0 Å². The largest absolute Gasteiger partial charge is 0.378 e. The van der Waals surface area contributed by atoms with E-state index in [1.54, 1.807) is 23.5 Å². The van der Waals surface area contributed by atoms with Crippen molar-refractivity contribution in [1.82, 2.24) is 4.57 Å². The molecular weight excluding hydrogens is 439 g/mol. The van der Waals surface area contributed by atoms with Gasteiger partial charge < -0.3 is 19.9 Å². The van der Waals surface area contributed by atoms with E-state index in [-0.39, 0.29) is 0 Å². The number of morpholine rings is 1. The van der Waals surface area contributed by atoms with Crippen molar-refractivity contribution in [2.45, 2.75) is 13.0 Å². The predicted molar refractivity (Wildman–Crippen MR) is 126 cm³/mol. The maximum absolute atomic E-state index is 6.33. The first kappa shape index (κ1) is 21.4. The number of nitrogens with two attached hydrogens (primary N) is 1. The van der Waals surface area contributed by atoms with E-state index in [0.29, 0.717) is 22.3 Å². The molecule has 0 amide bonds. The summed E-state index contributed by atoms with van der Waals surface area (Å²) < 4.78 is 7.67. The van der Waals surface area contributed by atoms with Gasteiger partial charge in [0.15, 0.2) is 4.80 Å². The predicted octanol–water partition coefficient (Wildman–Crippen LogP) is 4.94. The van der Waals surface area contributed by atoms with Crippen molar-refractivity contribution in [2.24, 2.45) is 10.7 Å². The van der Waals surface area contributed by atoms with Crippen molar-refractivity contribution in [3.63, 3.8) is 0 Å². The van der Waals surface area contributed by atoms with Crippen molar-refractivity contribution in [2.75, 3.05) is 37.7 Å². The highest BCUT2D eigenvalue weighted by Gasteiger charge is 2.13. The second-order valence-corrected chi connectivity index (χ2v) is 8.73. The molecule has 0 bridgehead atoms. The molecule has 30 heavy (non-hydrogen) atoms. The first-order valence-corrected chi connectivity index (χ1v) is 11.6. The Bertz CT molecular complexity index is 1060. The van der Waals surface area contributed by atoms with E-state index in [9.17, 15) is 0 Å². The van der Waals surface area contributed by atoms with Gasteiger partial charge >= 0.3 is 0 Å². The summed E-state index contributed by atoms with van der Waals surface area (Å²) in [5, 5.41) is 3.28. The fraction of sp³-hybridized carbons (Fsp3) is 0.318.